The van der Waals surface area contributed by atoms with E-state index in [0.717, 1.165) is 48.5 Å². The zero-order valence-corrected chi connectivity index (χ0v) is 19.6. The Bertz CT molecular complexity index is 832. The molecule has 0 aromatic carbocycles. The van der Waals surface area contributed by atoms with Crippen molar-refractivity contribution >= 4 is 18.4 Å². The summed E-state index contributed by atoms with van der Waals surface area (Å²) in [5, 5.41) is 11.8. The predicted molar refractivity (Wildman–Crippen MR) is 134 cm³/mol. The number of aliphatic imine (C=N–C) groups is 1. The Hall–Kier alpha value is -2.53. The molecule has 0 aliphatic heterocycles. The number of hydrogen-bond donors (Lipinski definition) is 1. The topological polar surface area (TPSA) is 55.1 Å². The molecule has 31 heavy (non-hydrogen) atoms. The molecule has 1 aromatic heterocycles. The van der Waals surface area contributed by atoms with Gasteiger partial charge in [-0.15, -0.1) is 5.10 Å². The molecule has 0 amide bonds. The van der Waals surface area contributed by atoms with E-state index in [2.05, 4.69) is 71.9 Å². The third kappa shape index (κ3) is 9.43. The summed E-state index contributed by atoms with van der Waals surface area (Å²) in [6.45, 7) is 13.0. The number of hydrogen-bond acceptors (Lipinski definition) is 4. The average molecular weight is 422 g/mol. The number of nitrogens with one attached hydrogen (secondary N) is 1. The fourth-order valence-electron chi connectivity index (χ4n) is 3.83. The Morgan fingerprint density at radius 2 is 2.00 bits per heavy atom. The summed E-state index contributed by atoms with van der Waals surface area (Å²) >= 11 is 0. The van der Waals surface area contributed by atoms with E-state index < -0.39 is 0 Å². The number of unbranched alkanes of at least 4 members (excludes halogenated alkanes) is 1. The molecule has 0 unspecified atom stereocenters. The maximum absolute atomic E-state index is 4.54. The number of aromatic nitrogens is 3. The van der Waals surface area contributed by atoms with E-state index in [0.29, 0.717) is 6.04 Å². The van der Waals surface area contributed by atoms with Crippen LogP contribution >= 0.6 is 0 Å². The molecule has 0 atom stereocenters. The van der Waals surface area contributed by atoms with Gasteiger partial charge in [0, 0.05) is 31.5 Å². The van der Waals surface area contributed by atoms with Crippen molar-refractivity contribution in [2.45, 2.75) is 71.3 Å². The van der Waals surface area contributed by atoms with Crippen LogP contribution in [-0.4, -0.2) is 33.8 Å². The van der Waals surface area contributed by atoms with Gasteiger partial charge in [-0.3, -0.25) is 4.99 Å². The molecule has 0 radical (unpaired) electrons. The van der Waals surface area contributed by atoms with Crippen molar-refractivity contribution in [1.82, 2.24) is 20.3 Å². The van der Waals surface area contributed by atoms with Gasteiger partial charge in [-0.25, -0.2) is 4.68 Å². The Morgan fingerprint density at radius 3 is 2.74 bits per heavy atom. The van der Waals surface area contributed by atoms with Gasteiger partial charge in [-0.2, -0.15) is 0 Å². The molecule has 1 aliphatic carbocycles. The lowest BCUT2D eigenvalue weighted by molar-refractivity contribution is 0.388. The van der Waals surface area contributed by atoms with Crippen LogP contribution in [0.5, 0.6) is 0 Å². The molecular weight excluding hydrogens is 382 g/mol. The molecule has 2 rings (SSSR count). The summed E-state index contributed by atoms with van der Waals surface area (Å²) in [6.07, 6.45) is 21.9. The van der Waals surface area contributed by atoms with E-state index >= 15 is 0 Å². The first-order valence-electron chi connectivity index (χ1n) is 11.5. The summed E-state index contributed by atoms with van der Waals surface area (Å²) in [7, 11) is 1.87. The monoisotopic (exact) mass is 421 g/mol. The lowest BCUT2D eigenvalue weighted by Gasteiger charge is -2.21. The third-order valence-corrected chi connectivity index (χ3v) is 5.50. The van der Waals surface area contributed by atoms with Gasteiger partial charge in [0.15, 0.2) is 0 Å². The largest absolute Gasteiger partial charge is 0.309 e. The maximum Gasteiger partial charge on any atom is 0.113 e. The minimum absolute atomic E-state index is 0.686. The Labute approximate surface area is 188 Å². The van der Waals surface area contributed by atoms with Crippen LogP contribution in [0.2, 0.25) is 0 Å². The van der Waals surface area contributed by atoms with E-state index in [-0.39, 0.29) is 0 Å². The van der Waals surface area contributed by atoms with Gasteiger partial charge in [0.05, 0.1) is 5.69 Å². The van der Waals surface area contributed by atoms with E-state index in [1.807, 2.05) is 13.3 Å². The van der Waals surface area contributed by atoms with E-state index in [1.54, 1.807) is 10.8 Å². The van der Waals surface area contributed by atoms with Crippen molar-refractivity contribution in [2.24, 2.45) is 12.0 Å². The maximum atomic E-state index is 4.54. The fourth-order valence-corrected chi connectivity index (χ4v) is 3.83. The van der Waals surface area contributed by atoms with Crippen LogP contribution < -0.4 is 5.32 Å². The minimum Gasteiger partial charge on any atom is -0.309 e. The van der Waals surface area contributed by atoms with Crippen molar-refractivity contribution in [1.29, 1.82) is 0 Å². The molecule has 5 nitrogen and oxygen atoms in total. The van der Waals surface area contributed by atoms with Crippen LogP contribution in [0.1, 0.15) is 76.6 Å². The van der Waals surface area contributed by atoms with Gasteiger partial charge >= 0.3 is 0 Å². The number of nitrogens with zero attached hydrogens (tertiary/aromatic N) is 4. The lowest BCUT2D eigenvalue weighted by atomic mass is 9.96. The molecule has 1 saturated carbocycles. The zero-order valence-electron chi connectivity index (χ0n) is 19.6. The molecule has 0 bridgehead atoms. The van der Waals surface area contributed by atoms with Crippen LogP contribution in [0, 0.1) is 0 Å². The summed E-state index contributed by atoms with van der Waals surface area (Å²) in [6, 6.07) is 0.686. The average Bonchev–Trinajstić information content (AvgIpc) is 3.10. The van der Waals surface area contributed by atoms with E-state index in [1.165, 1.54) is 37.7 Å². The fraction of sp³-hybridized carbons (Fsp3) is 0.500. The Balaban J connectivity index is 1.66. The van der Waals surface area contributed by atoms with Crippen LogP contribution in [0.25, 0.3) is 12.2 Å². The molecule has 5 heteroatoms. The lowest BCUT2D eigenvalue weighted by Crippen LogP contribution is -2.32. The van der Waals surface area contributed by atoms with Crippen LogP contribution in [-0.2, 0) is 7.05 Å². The Kier molecular flexibility index (Phi) is 10.9. The number of allylic oxidation sites excluding steroid dienone is 6. The van der Waals surface area contributed by atoms with Gasteiger partial charge in [-0.05, 0) is 58.1 Å². The second kappa shape index (κ2) is 13.7. The summed E-state index contributed by atoms with van der Waals surface area (Å²) < 4.78 is 1.73. The van der Waals surface area contributed by atoms with Crippen molar-refractivity contribution < 1.29 is 0 Å². The van der Waals surface area contributed by atoms with E-state index in [4.69, 9.17) is 0 Å². The summed E-state index contributed by atoms with van der Waals surface area (Å²) in [5.74, 6) is 0. The molecule has 168 valence electrons. The van der Waals surface area contributed by atoms with Gasteiger partial charge in [0.1, 0.15) is 5.69 Å². The van der Waals surface area contributed by atoms with Gasteiger partial charge in [-0.1, -0.05) is 67.0 Å². The van der Waals surface area contributed by atoms with Crippen molar-refractivity contribution in [3.8, 4) is 0 Å². The quantitative estimate of drug-likeness (QED) is 0.254. The van der Waals surface area contributed by atoms with Crippen molar-refractivity contribution in [3.63, 3.8) is 0 Å². The number of rotatable bonds is 12. The normalized spacial score (nSPS) is 16.5. The molecule has 1 aromatic rings. The van der Waals surface area contributed by atoms with Crippen LogP contribution in [0.3, 0.4) is 0 Å². The predicted octanol–water partition coefficient (Wildman–Crippen LogP) is 6.04. The molecule has 0 saturated heterocycles. The molecule has 1 aliphatic rings. The molecule has 1 N–H and O–H groups in total. The van der Waals surface area contributed by atoms with E-state index in [9.17, 15) is 0 Å². The first-order chi connectivity index (χ1) is 15.0. The highest BCUT2D eigenvalue weighted by molar-refractivity contribution is 5.61. The molecule has 0 spiro atoms. The van der Waals surface area contributed by atoms with Crippen LogP contribution in [0.15, 0.2) is 53.2 Å². The Morgan fingerprint density at radius 1 is 1.23 bits per heavy atom. The highest BCUT2D eigenvalue weighted by Gasteiger charge is 2.11. The third-order valence-electron chi connectivity index (χ3n) is 5.50. The summed E-state index contributed by atoms with van der Waals surface area (Å²) in [5.41, 5.74) is 5.14. The summed E-state index contributed by atoms with van der Waals surface area (Å²) in [4.78, 5) is 4.54. The standard InChI is InChI=1S/C26H39N5/c1-6-26-25(29-30-31(26)5)20-22(3)19-21(2)13-9-7-10-14-23(4)27-17-18-28-24-15-11-8-12-16-24/h6,9,13-14,17,20,24,28H,1-2,7-8,10-12,15-16,18-19H2,3-5H3/b13-9+,22-20+,23-14+,27-17?. The van der Waals surface area contributed by atoms with Crippen molar-refractivity contribution in [3.05, 3.63) is 59.6 Å². The zero-order chi connectivity index (χ0) is 22.5. The first kappa shape index (κ1) is 24.7. The molecule has 1 heterocycles. The second-order valence-corrected chi connectivity index (χ2v) is 8.39. The van der Waals surface area contributed by atoms with Gasteiger partial charge < -0.3 is 5.32 Å². The van der Waals surface area contributed by atoms with Crippen molar-refractivity contribution in [2.75, 3.05) is 6.54 Å². The van der Waals surface area contributed by atoms with Gasteiger partial charge in [0.25, 0.3) is 0 Å². The highest BCUT2D eigenvalue weighted by atomic mass is 15.4. The molecular formula is C26H39N5. The number of aryl methyl sites for hydroxylation is 1. The first-order valence-corrected chi connectivity index (χ1v) is 11.5. The minimum atomic E-state index is 0.686. The van der Waals surface area contributed by atoms with Gasteiger partial charge in [0.2, 0.25) is 0 Å². The molecule has 1 fully saturated rings. The SMILES string of the molecule is C=Cc1c(/C=C(\C)CC(=C)/C=C/CC/C=C(\C)N=CCNC2CCCCC2)nnn1C. The smallest absolute Gasteiger partial charge is 0.113 e. The van der Waals surface area contributed by atoms with Crippen LogP contribution in [0.4, 0.5) is 0 Å². The highest BCUT2D eigenvalue weighted by Crippen LogP contribution is 2.17. The second-order valence-electron chi connectivity index (χ2n) is 8.39.